The van der Waals surface area contributed by atoms with Gasteiger partial charge in [-0.25, -0.2) is 8.42 Å². The van der Waals surface area contributed by atoms with Gasteiger partial charge < -0.3 is 10.2 Å². The van der Waals surface area contributed by atoms with Crippen molar-refractivity contribution >= 4 is 21.4 Å². The van der Waals surface area contributed by atoms with E-state index in [0.29, 0.717) is 17.5 Å². The van der Waals surface area contributed by atoms with Crippen molar-refractivity contribution in [1.82, 2.24) is 5.32 Å². The molecule has 0 bridgehead atoms. The Bertz CT molecular complexity index is 893. The second-order valence-electron chi connectivity index (χ2n) is 7.54. The first kappa shape index (κ1) is 20.4. The molecule has 1 N–H and O–H groups in total. The van der Waals surface area contributed by atoms with E-state index in [-0.39, 0.29) is 12.3 Å². The largest absolute Gasteiger partial charge is 0.367 e. The van der Waals surface area contributed by atoms with Gasteiger partial charge in [-0.2, -0.15) is 0 Å². The van der Waals surface area contributed by atoms with Gasteiger partial charge in [-0.1, -0.05) is 30.3 Å². The van der Waals surface area contributed by atoms with E-state index in [2.05, 4.69) is 22.3 Å². The van der Waals surface area contributed by atoms with E-state index in [9.17, 15) is 13.2 Å². The molecule has 2 aromatic carbocycles. The first-order valence-electron chi connectivity index (χ1n) is 9.79. The van der Waals surface area contributed by atoms with Gasteiger partial charge in [-0.3, -0.25) is 4.79 Å². The molecule has 150 valence electrons. The third-order valence-corrected chi connectivity index (χ3v) is 7.41. The van der Waals surface area contributed by atoms with Crippen LogP contribution in [0.15, 0.2) is 59.5 Å². The highest BCUT2D eigenvalue weighted by molar-refractivity contribution is 7.92. The Kier molecular flexibility index (Phi) is 6.39. The molecule has 1 aliphatic heterocycles. The van der Waals surface area contributed by atoms with Crippen LogP contribution < -0.4 is 10.2 Å². The zero-order valence-electron chi connectivity index (χ0n) is 16.5. The van der Waals surface area contributed by atoms with Gasteiger partial charge in [0.15, 0.2) is 9.84 Å². The van der Waals surface area contributed by atoms with E-state index in [4.69, 9.17) is 0 Å². The van der Waals surface area contributed by atoms with Crippen molar-refractivity contribution in [2.24, 2.45) is 0 Å². The molecule has 0 saturated carbocycles. The Hall–Kier alpha value is -2.34. The van der Waals surface area contributed by atoms with Crippen molar-refractivity contribution in [3.05, 3.63) is 60.2 Å². The molecule has 6 heteroatoms. The standard InChI is InChI=1S/C22H28N2O3S/c1-17(2)28(26,27)21-12-10-18(11-13-21)15-22(25)23-16-20-9-6-14-24(20)19-7-4-3-5-8-19/h3-5,7-8,10-13,17,20H,6,9,14-16H2,1-2H3,(H,23,25). The van der Waals surface area contributed by atoms with Crippen LogP contribution in [0, 0.1) is 0 Å². The van der Waals surface area contributed by atoms with Gasteiger partial charge in [0.1, 0.15) is 0 Å². The van der Waals surface area contributed by atoms with Crippen LogP contribution in [-0.2, 0) is 21.1 Å². The van der Waals surface area contributed by atoms with E-state index in [1.54, 1.807) is 38.1 Å². The number of rotatable bonds is 7. The number of hydrogen-bond donors (Lipinski definition) is 1. The lowest BCUT2D eigenvalue weighted by atomic mass is 10.1. The number of hydrogen-bond acceptors (Lipinski definition) is 4. The molecule has 1 atom stereocenters. The maximum atomic E-state index is 12.4. The number of nitrogens with zero attached hydrogens (tertiary/aromatic N) is 1. The van der Waals surface area contributed by atoms with Crippen molar-refractivity contribution < 1.29 is 13.2 Å². The molecule has 1 fully saturated rings. The number of benzene rings is 2. The summed E-state index contributed by atoms with van der Waals surface area (Å²) < 4.78 is 24.4. The predicted octanol–water partition coefficient (Wildman–Crippen LogP) is 3.20. The van der Waals surface area contributed by atoms with Gasteiger partial charge in [0.05, 0.1) is 16.6 Å². The summed E-state index contributed by atoms with van der Waals surface area (Å²) in [6, 6.07) is 17.2. The van der Waals surface area contributed by atoms with Crippen molar-refractivity contribution in [2.45, 2.75) is 49.3 Å². The summed E-state index contributed by atoms with van der Waals surface area (Å²) in [5.74, 6) is -0.0422. The first-order chi connectivity index (χ1) is 13.4. The smallest absolute Gasteiger partial charge is 0.224 e. The van der Waals surface area contributed by atoms with Gasteiger partial charge in [0, 0.05) is 24.8 Å². The molecular formula is C22H28N2O3S. The highest BCUT2D eigenvalue weighted by Gasteiger charge is 2.25. The minimum Gasteiger partial charge on any atom is -0.367 e. The van der Waals surface area contributed by atoms with Crippen LogP contribution >= 0.6 is 0 Å². The Labute approximate surface area is 167 Å². The summed E-state index contributed by atoms with van der Waals surface area (Å²) in [5, 5.41) is 2.58. The van der Waals surface area contributed by atoms with E-state index < -0.39 is 15.1 Å². The second-order valence-corrected chi connectivity index (χ2v) is 10.0. The normalized spacial score (nSPS) is 17.1. The van der Waals surface area contributed by atoms with Crippen LogP contribution in [0.1, 0.15) is 32.3 Å². The molecule has 1 aliphatic rings. The molecule has 1 unspecified atom stereocenters. The summed E-state index contributed by atoms with van der Waals surface area (Å²) in [7, 11) is -3.28. The Morgan fingerprint density at radius 3 is 2.43 bits per heavy atom. The minimum absolute atomic E-state index is 0.0422. The minimum atomic E-state index is -3.28. The molecule has 0 spiro atoms. The third-order valence-electron chi connectivity index (χ3n) is 5.24. The molecule has 0 aromatic heterocycles. The third kappa shape index (κ3) is 4.73. The summed E-state index contributed by atoms with van der Waals surface area (Å²) in [6.45, 7) is 4.96. The van der Waals surface area contributed by atoms with E-state index in [0.717, 1.165) is 24.9 Å². The summed E-state index contributed by atoms with van der Waals surface area (Å²) in [5.41, 5.74) is 2.01. The Balaban J connectivity index is 1.54. The quantitative estimate of drug-likeness (QED) is 0.775. The fourth-order valence-corrected chi connectivity index (χ4v) is 4.62. The van der Waals surface area contributed by atoms with Crippen molar-refractivity contribution in [3.8, 4) is 0 Å². The van der Waals surface area contributed by atoms with Gasteiger partial charge in [0.25, 0.3) is 0 Å². The molecule has 3 rings (SSSR count). The molecule has 0 aliphatic carbocycles. The zero-order valence-corrected chi connectivity index (χ0v) is 17.3. The van der Waals surface area contributed by atoms with Crippen LogP contribution in [0.3, 0.4) is 0 Å². The number of carbonyl (C=O) groups is 1. The van der Waals surface area contributed by atoms with Crippen molar-refractivity contribution in [3.63, 3.8) is 0 Å². The molecule has 1 saturated heterocycles. The number of nitrogens with one attached hydrogen (secondary N) is 1. The molecule has 28 heavy (non-hydrogen) atoms. The van der Waals surface area contributed by atoms with Crippen LogP contribution in [0.4, 0.5) is 5.69 Å². The number of anilines is 1. The van der Waals surface area contributed by atoms with Crippen LogP contribution in [0.25, 0.3) is 0 Å². The lowest BCUT2D eigenvalue weighted by molar-refractivity contribution is -0.120. The first-order valence-corrected chi connectivity index (χ1v) is 11.3. The van der Waals surface area contributed by atoms with Crippen molar-refractivity contribution in [1.29, 1.82) is 0 Å². The van der Waals surface area contributed by atoms with E-state index in [1.165, 1.54) is 5.69 Å². The number of para-hydroxylation sites is 1. The monoisotopic (exact) mass is 400 g/mol. The lowest BCUT2D eigenvalue weighted by Gasteiger charge is -2.27. The van der Waals surface area contributed by atoms with E-state index >= 15 is 0 Å². The number of amides is 1. The number of carbonyl (C=O) groups excluding carboxylic acids is 1. The fraction of sp³-hybridized carbons (Fsp3) is 0.409. The molecule has 2 aromatic rings. The Morgan fingerprint density at radius 1 is 1.11 bits per heavy atom. The van der Waals surface area contributed by atoms with Gasteiger partial charge in [0.2, 0.25) is 5.91 Å². The molecular weight excluding hydrogens is 372 g/mol. The topological polar surface area (TPSA) is 66.5 Å². The fourth-order valence-electron chi connectivity index (χ4n) is 3.56. The Morgan fingerprint density at radius 2 is 1.79 bits per heavy atom. The summed E-state index contributed by atoms with van der Waals surface area (Å²) >= 11 is 0. The SMILES string of the molecule is CC(C)S(=O)(=O)c1ccc(CC(=O)NCC2CCCN2c2ccccc2)cc1. The van der Waals surface area contributed by atoms with E-state index in [1.807, 2.05) is 18.2 Å². The van der Waals surface area contributed by atoms with Crippen LogP contribution in [0.2, 0.25) is 0 Å². The second kappa shape index (κ2) is 8.78. The average molecular weight is 401 g/mol. The molecule has 5 nitrogen and oxygen atoms in total. The van der Waals surface area contributed by atoms with Gasteiger partial charge in [-0.15, -0.1) is 0 Å². The molecule has 0 radical (unpaired) electrons. The highest BCUT2D eigenvalue weighted by atomic mass is 32.2. The lowest BCUT2D eigenvalue weighted by Crippen LogP contribution is -2.40. The predicted molar refractivity (Wildman–Crippen MR) is 112 cm³/mol. The van der Waals surface area contributed by atoms with Crippen LogP contribution in [-0.4, -0.2) is 38.7 Å². The number of sulfone groups is 1. The zero-order chi connectivity index (χ0) is 20.1. The molecule has 1 heterocycles. The highest BCUT2D eigenvalue weighted by Crippen LogP contribution is 2.24. The molecule has 1 amide bonds. The van der Waals surface area contributed by atoms with Gasteiger partial charge in [-0.05, 0) is 56.5 Å². The van der Waals surface area contributed by atoms with Crippen LogP contribution in [0.5, 0.6) is 0 Å². The maximum absolute atomic E-state index is 12.4. The van der Waals surface area contributed by atoms with Crippen molar-refractivity contribution in [2.75, 3.05) is 18.0 Å². The average Bonchev–Trinajstić information content (AvgIpc) is 3.16. The maximum Gasteiger partial charge on any atom is 0.224 e. The summed E-state index contributed by atoms with van der Waals surface area (Å²) in [4.78, 5) is 15.0. The summed E-state index contributed by atoms with van der Waals surface area (Å²) in [6.07, 6.45) is 2.44. The van der Waals surface area contributed by atoms with Gasteiger partial charge >= 0.3 is 0 Å².